The molecule has 2 heterocycles. The molecular formula is C26H35N5O2. The second-order valence-corrected chi connectivity index (χ2v) is 8.94. The van der Waals surface area contributed by atoms with Crippen LogP contribution in [0, 0.1) is 5.92 Å². The number of nitrogens with zero attached hydrogens (tertiary/aromatic N) is 2. The lowest BCUT2D eigenvalue weighted by atomic mass is 9.90. The fraction of sp³-hybridized carbons (Fsp3) is 0.462. The van der Waals surface area contributed by atoms with Gasteiger partial charge in [-0.25, -0.2) is 0 Å². The van der Waals surface area contributed by atoms with E-state index in [1.165, 1.54) is 24.0 Å². The molecule has 7 heteroatoms. The third-order valence-electron chi connectivity index (χ3n) is 6.68. The SMILES string of the molecule is CN=C(NCC1CCN(Cc2ccc(OC)cc2)CC1)NCC1CC(=O)Nc2ccccc21. The third kappa shape index (κ3) is 6.26. The number of para-hydroxylation sites is 1. The number of benzene rings is 2. The van der Waals surface area contributed by atoms with Crippen molar-refractivity contribution in [1.29, 1.82) is 0 Å². The summed E-state index contributed by atoms with van der Waals surface area (Å²) in [5.41, 5.74) is 3.43. The summed E-state index contributed by atoms with van der Waals surface area (Å²) in [6.45, 7) is 4.81. The summed E-state index contributed by atoms with van der Waals surface area (Å²) < 4.78 is 5.25. The van der Waals surface area contributed by atoms with Crippen LogP contribution in [0.4, 0.5) is 5.69 Å². The highest BCUT2D eigenvalue weighted by Gasteiger charge is 2.25. The molecule has 0 saturated carbocycles. The Hall–Kier alpha value is -3.06. The molecular weight excluding hydrogens is 414 g/mol. The van der Waals surface area contributed by atoms with E-state index in [0.717, 1.165) is 43.6 Å². The first kappa shape index (κ1) is 23.1. The highest BCUT2D eigenvalue weighted by Crippen LogP contribution is 2.31. The van der Waals surface area contributed by atoms with Crippen LogP contribution in [-0.4, -0.2) is 57.1 Å². The van der Waals surface area contributed by atoms with Crippen molar-refractivity contribution >= 4 is 17.6 Å². The molecule has 0 aromatic heterocycles. The first-order chi connectivity index (χ1) is 16.1. The third-order valence-corrected chi connectivity index (χ3v) is 6.68. The quantitative estimate of drug-likeness (QED) is 0.447. The molecule has 2 aromatic rings. The molecule has 4 rings (SSSR count). The van der Waals surface area contributed by atoms with Gasteiger partial charge in [0.25, 0.3) is 0 Å². The van der Waals surface area contributed by atoms with Crippen molar-refractivity contribution in [3.63, 3.8) is 0 Å². The van der Waals surface area contributed by atoms with Gasteiger partial charge in [0.1, 0.15) is 5.75 Å². The maximum atomic E-state index is 12.1. The van der Waals surface area contributed by atoms with Crippen LogP contribution >= 0.6 is 0 Å². The molecule has 2 aliphatic heterocycles. The molecule has 1 amide bonds. The zero-order valence-corrected chi connectivity index (χ0v) is 19.6. The smallest absolute Gasteiger partial charge is 0.225 e. The Morgan fingerprint density at radius 3 is 2.55 bits per heavy atom. The molecule has 33 heavy (non-hydrogen) atoms. The van der Waals surface area contributed by atoms with Crippen LogP contribution in [0.1, 0.15) is 36.3 Å². The van der Waals surface area contributed by atoms with E-state index in [9.17, 15) is 4.79 Å². The Labute approximate surface area is 196 Å². The number of guanidine groups is 1. The van der Waals surface area contributed by atoms with E-state index in [1.54, 1.807) is 14.2 Å². The molecule has 1 unspecified atom stereocenters. The fourth-order valence-corrected chi connectivity index (χ4v) is 4.70. The number of anilines is 1. The zero-order chi connectivity index (χ0) is 23.0. The molecule has 0 radical (unpaired) electrons. The number of hydrogen-bond donors (Lipinski definition) is 3. The van der Waals surface area contributed by atoms with Gasteiger partial charge in [0, 0.05) is 44.7 Å². The van der Waals surface area contributed by atoms with Gasteiger partial charge in [0.15, 0.2) is 5.96 Å². The molecule has 176 valence electrons. The lowest BCUT2D eigenvalue weighted by molar-refractivity contribution is -0.116. The van der Waals surface area contributed by atoms with Crippen LogP contribution in [0.5, 0.6) is 5.75 Å². The topological polar surface area (TPSA) is 78.0 Å². The van der Waals surface area contributed by atoms with E-state index >= 15 is 0 Å². The standard InChI is InChI=1S/C26H35N5O2/c1-27-26(29-17-21-15-25(32)30-24-6-4-3-5-23(21)24)28-16-19-11-13-31(14-12-19)18-20-7-9-22(33-2)10-8-20/h3-10,19,21H,11-18H2,1-2H3,(H,30,32)(H2,27,28,29). The second-order valence-electron chi connectivity index (χ2n) is 8.94. The van der Waals surface area contributed by atoms with Gasteiger partial charge in [-0.2, -0.15) is 0 Å². The van der Waals surface area contributed by atoms with Crippen LogP contribution in [0.3, 0.4) is 0 Å². The number of carbonyl (C=O) groups is 1. The lowest BCUT2D eigenvalue weighted by Gasteiger charge is -2.32. The van der Waals surface area contributed by atoms with Gasteiger partial charge in [-0.05, 0) is 61.2 Å². The first-order valence-electron chi connectivity index (χ1n) is 11.8. The van der Waals surface area contributed by atoms with E-state index in [0.29, 0.717) is 18.9 Å². The number of ether oxygens (including phenoxy) is 1. The number of piperidine rings is 1. The van der Waals surface area contributed by atoms with Gasteiger partial charge in [-0.3, -0.25) is 14.7 Å². The van der Waals surface area contributed by atoms with Crippen molar-refractivity contribution in [1.82, 2.24) is 15.5 Å². The van der Waals surface area contributed by atoms with Gasteiger partial charge < -0.3 is 20.7 Å². The predicted octanol–water partition coefficient (Wildman–Crippen LogP) is 3.20. The van der Waals surface area contributed by atoms with Crippen molar-refractivity contribution < 1.29 is 9.53 Å². The summed E-state index contributed by atoms with van der Waals surface area (Å²) >= 11 is 0. The fourth-order valence-electron chi connectivity index (χ4n) is 4.70. The average Bonchev–Trinajstić information content (AvgIpc) is 2.85. The monoisotopic (exact) mass is 449 g/mol. The van der Waals surface area contributed by atoms with Crippen molar-refractivity contribution in [2.45, 2.75) is 31.7 Å². The molecule has 1 fully saturated rings. The van der Waals surface area contributed by atoms with Crippen LogP contribution < -0.4 is 20.7 Å². The number of likely N-dealkylation sites (tertiary alicyclic amines) is 1. The summed E-state index contributed by atoms with van der Waals surface area (Å²) in [7, 11) is 3.50. The van der Waals surface area contributed by atoms with Crippen molar-refractivity contribution in [3.8, 4) is 5.75 Å². The number of rotatable bonds is 7. The van der Waals surface area contributed by atoms with Gasteiger partial charge in [-0.1, -0.05) is 30.3 Å². The Kier molecular flexibility index (Phi) is 7.83. The molecule has 0 aliphatic carbocycles. The molecule has 0 bridgehead atoms. The molecule has 1 saturated heterocycles. The van der Waals surface area contributed by atoms with Gasteiger partial charge in [0.05, 0.1) is 7.11 Å². The Bertz CT molecular complexity index is 951. The van der Waals surface area contributed by atoms with Gasteiger partial charge >= 0.3 is 0 Å². The van der Waals surface area contributed by atoms with E-state index in [1.807, 2.05) is 30.3 Å². The number of nitrogens with one attached hydrogen (secondary N) is 3. The maximum absolute atomic E-state index is 12.1. The molecule has 3 N–H and O–H groups in total. The summed E-state index contributed by atoms with van der Waals surface area (Å²) in [4.78, 5) is 19.0. The normalized spacial score (nSPS) is 19.5. The second kappa shape index (κ2) is 11.2. The van der Waals surface area contributed by atoms with Gasteiger partial charge in [-0.15, -0.1) is 0 Å². The average molecular weight is 450 g/mol. The van der Waals surface area contributed by atoms with Crippen LogP contribution in [-0.2, 0) is 11.3 Å². The predicted molar refractivity (Wildman–Crippen MR) is 133 cm³/mol. The molecule has 1 atom stereocenters. The minimum absolute atomic E-state index is 0.0739. The minimum atomic E-state index is 0.0739. The number of hydrogen-bond acceptors (Lipinski definition) is 4. The molecule has 7 nitrogen and oxygen atoms in total. The Morgan fingerprint density at radius 2 is 1.82 bits per heavy atom. The van der Waals surface area contributed by atoms with Gasteiger partial charge in [0.2, 0.25) is 5.91 Å². The lowest BCUT2D eigenvalue weighted by Crippen LogP contribution is -2.44. The molecule has 0 spiro atoms. The number of aliphatic imine (C=N–C) groups is 1. The zero-order valence-electron chi connectivity index (χ0n) is 19.6. The maximum Gasteiger partial charge on any atom is 0.225 e. The Morgan fingerprint density at radius 1 is 1.09 bits per heavy atom. The largest absolute Gasteiger partial charge is 0.497 e. The van der Waals surface area contributed by atoms with E-state index in [-0.39, 0.29) is 11.8 Å². The van der Waals surface area contributed by atoms with Crippen molar-refractivity contribution in [2.24, 2.45) is 10.9 Å². The summed E-state index contributed by atoms with van der Waals surface area (Å²) in [5.74, 6) is 2.57. The number of methoxy groups -OCH3 is 1. The summed E-state index contributed by atoms with van der Waals surface area (Å²) in [5, 5.41) is 9.89. The highest BCUT2D eigenvalue weighted by atomic mass is 16.5. The summed E-state index contributed by atoms with van der Waals surface area (Å²) in [6.07, 6.45) is 2.85. The van der Waals surface area contributed by atoms with E-state index in [2.05, 4.69) is 44.0 Å². The molecule has 2 aromatic carbocycles. The van der Waals surface area contributed by atoms with Crippen LogP contribution in [0.2, 0.25) is 0 Å². The van der Waals surface area contributed by atoms with E-state index < -0.39 is 0 Å². The Balaban J connectivity index is 1.19. The highest BCUT2D eigenvalue weighted by molar-refractivity contribution is 5.94. The summed E-state index contributed by atoms with van der Waals surface area (Å²) in [6, 6.07) is 16.4. The van der Waals surface area contributed by atoms with Crippen LogP contribution in [0.25, 0.3) is 0 Å². The van der Waals surface area contributed by atoms with Crippen molar-refractivity contribution in [3.05, 3.63) is 59.7 Å². The number of fused-ring (bicyclic) bond motifs is 1. The van der Waals surface area contributed by atoms with Crippen LogP contribution in [0.15, 0.2) is 53.5 Å². The minimum Gasteiger partial charge on any atom is -0.497 e. The number of carbonyl (C=O) groups excluding carboxylic acids is 1. The van der Waals surface area contributed by atoms with E-state index in [4.69, 9.17) is 4.74 Å². The molecule has 2 aliphatic rings. The van der Waals surface area contributed by atoms with Crippen molar-refractivity contribution in [2.75, 3.05) is 45.7 Å². The number of amides is 1. The first-order valence-corrected chi connectivity index (χ1v) is 11.8.